The first kappa shape index (κ1) is 14.0. The van der Waals surface area contributed by atoms with Gasteiger partial charge in [-0.25, -0.2) is 4.98 Å². The van der Waals surface area contributed by atoms with E-state index in [1.54, 1.807) is 0 Å². The lowest BCUT2D eigenvalue weighted by atomic mass is 10.3. The van der Waals surface area contributed by atoms with Crippen LogP contribution in [0.15, 0.2) is 42.5 Å². The van der Waals surface area contributed by atoms with Gasteiger partial charge >= 0.3 is 0 Å². The van der Waals surface area contributed by atoms with Gasteiger partial charge in [-0.3, -0.25) is 0 Å². The quantitative estimate of drug-likeness (QED) is 0.696. The average Bonchev–Trinajstić information content (AvgIpc) is 2.73. The van der Waals surface area contributed by atoms with Gasteiger partial charge in [-0.2, -0.15) is 0 Å². The number of H-pyrrole nitrogens is 1. The summed E-state index contributed by atoms with van der Waals surface area (Å²) in [6.07, 6.45) is 0. The molecule has 98 valence electrons. The molecule has 3 rings (SSSR count). The van der Waals surface area contributed by atoms with Gasteiger partial charge in [0.2, 0.25) is 5.95 Å². The van der Waals surface area contributed by atoms with Crippen LogP contribution >= 0.6 is 35.6 Å². The van der Waals surface area contributed by atoms with Gasteiger partial charge < -0.3 is 10.3 Å². The molecule has 0 saturated heterocycles. The first-order valence-corrected chi connectivity index (χ1v) is 6.14. The summed E-state index contributed by atoms with van der Waals surface area (Å²) in [6, 6.07) is 13.0. The number of rotatable bonds is 2. The van der Waals surface area contributed by atoms with Crippen LogP contribution in [0.2, 0.25) is 10.0 Å². The Hall–Kier alpha value is -1.42. The summed E-state index contributed by atoms with van der Waals surface area (Å²) in [5, 5.41) is 4.56. The topological polar surface area (TPSA) is 40.7 Å². The summed E-state index contributed by atoms with van der Waals surface area (Å²) in [5.41, 5.74) is 2.69. The van der Waals surface area contributed by atoms with Gasteiger partial charge in [0.25, 0.3) is 0 Å². The third-order valence-corrected chi connectivity index (χ3v) is 3.04. The van der Waals surface area contributed by atoms with Crippen LogP contribution in [0, 0.1) is 0 Å². The van der Waals surface area contributed by atoms with Crippen LogP contribution in [0.25, 0.3) is 11.0 Å². The number of fused-ring (bicyclic) bond motifs is 1. The predicted molar refractivity (Wildman–Crippen MR) is 83.1 cm³/mol. The first-order chi connectivity index (χ1) is 8.70. The highest BCUT2D eigenvalue weighted by atomic mass is 35.5. The van der Waals surface area contributed by atoms with E-state index in [-0.39, 0.29) is 12.4 Å². The summed E-state index contributed by atoms with van der Waals surface area (Å²) in [4.78, 5) is 7.57. The Bertz CT molecular complexity index is 692. The fraction of sp³-hybridized carbons (Fsp3) is 0. The number of nitrogens with one attached hydrogen (secondary N) is 2. The molecule has 6 heteroatoms. The number of benzene rings is 2. The molecule has 19 heavy (non-hydrogen) atoms. The molecule has 0 aliphatic carbocycles. The van der Waals surface area contributed by atoms with Crippen molar-refractivity contribution in [1.82, 2.24) is 9.97 Å². The molecule has 1 aromatic heterocycles. The van der Waals surface area contributed by atoms with E-state index in [2.05, 4.69) is 15.3 Å². The second kappa shape index (κ2) is 5.70. The van der Waals surface area contributed by atoms with Gasteiger partial charge in [0.15, 0.2) is 0 Å². The molecular weight excluding hydrogens is 305 g/mol. The van der Waals surface area contributed by atoms with E-state index >= 15 is 0 Å². The Kier molecular flexibility index (Phi) is 4.20. The van der Waals surface area contributed by atoms with E-state index in [4.69, 9.17) is 23.2 Å². The summed E-state index contributed by atoms with van der Waals surface area (Å²) in [5.74, 6) is 0.676. The summed E-state index contributed by atoms with van der Waals surface area (Å²) < 4.78 is 0. The highest BCUT2D eigenvalue weighted by Gasteiger charge is 2.03. The van der Waals surface area contributed by atoms with Crippen LogP contribution in [0.4, 0.5) is 11.6 Å². The molecule has 2 N–H and O–H groups in total. The summed E-state index contributed by atoms with van der Waals surface area (Å²) >= 11 is 11.8. The van der Waals surface area contributed by atoms with Gasteiger partial charge in [0, 0.05) is 15.7 Å². The van der Waals surface area contributed by atoms with Crippen molar-refractivity contribution in [1.29, 1.82) is 0 Å². The largest absolute Gasteiger partial charge is 0.326 e. The minimum atomic E-state index is 0. The molecule has 0 fully saturated rings. The minimum Gasteiger partial charge on any atom is -0.326 e. The number of aromatic nitrogens is 2. The lowest BCUT2D eigenvalue weighted by Crippen LogP contribution is -1.91. The second-order valence-electron chi connectivity index (χ2n) is 3.88. The predicted octanol–water partition coefficient (Wildman–Crippen LogP) is 5.04. The number of hydrogen-bond acceptors (Lipinski definition) is 2. The van der Waals surface area contributed by atoms with Crippen molar-refractivity contribution in [3.63, 3.8) is 0 Å². The first-order valence-electron chi connectivity index (χ1n) is 5.38. The molecule has 3 nitrogen and oxygen atoms in total. The maximum absolute atomic E-state index is 5.92. The van der Waals surface area contributed by atoms with Crippen LogP contribution in [0.1, 0.15) is 0 Å². The monoisotopic (exact) mass is 313 g/mol. The number of halogens is 3. The third-order valence-electron chi connectivity index (χ3n) is 2.55. The summed E-state index contributed by atoms with van der Waals surface area (Å²) in [7, 11) is 0. The van der Waals surface area contributed by atoms with Crippen molar-refractivity contribution in [2.75, 3.05) is 5.32 Å². The molecule has 0 bridgehead atoms. The van der Waals surface area contributed by atoms with Crippen molar-refractivity contribution in [2.45, 2.75) is 0 Å². The van der Waals surface area contributed by atoms with Gasteiger partial charge in [0.05, 0.1) is 11.0 Å². The Morgan fingerprint density at radius 1 is 0.947 bits per heavy atom. The van der Waals surface area contributed by atoms with E-state index in [0.717, 1.165) is 16.7 Å². The summed E-state index contributed by atoms with van der Waals surface area (Å²) in [6.45, 7) is 0. The highest BCUT2D eigenvalue weighted by Crippen LogP contribution is 2.22. The molecule has 0 aliphatic heterocycles. The molecular formula is C13H10Cl3N3. The van der Waals surface area contributed by atoms with Crippen molar-refractivity contribution in [2.24, 2.45) is 0 Å². The Balaban J connectivity index is 0.00000133. The standard InChI is InChI=1S/C13H9Cl2N3.ClH/c14-8-1-4-10(5-2-8)16-13-17-11-6-3-9(15)7-12(11)18-13;/h1-7H,(H2,16,17,18);1H. The minimum absolute atomic E-state index is 0. The van der Waals surface area contributed by atoms with Crippen LogP contribution in [0.5, 0.6) is 0 Å². The second-order valence-corrected chi connectivity index (χ2v) is 4.75. The van der Waals surface area contributed by atoms with Gasteiger partial charge in [0.1, 0.15) is 0 Å². The Labute approximate surface area is 126 Å². The molecule has 2 aromatic carbocycles. The van der Waals surface area contributed by atoms with Gasteiger partial charge in [-0.1, -0.05) is 23.2 Å². The molecule has 0 aliphatic rings. The molecule has 0 unspecified atom stereocenters. The highest BCUT2D eigenvalue weighted by molar-refractivity contribution is 6.31. The average molecular weight is 315 g/mol. The zero-order valence-electron chi connectivity index (χ0n) is 9.65. The van der Waals surface area contributed by atoms with Crippen LogP contribution in [0.3, 0.4) is 0 Å². The molecule has 0 amide bonds. The third kappa shape index (κ3) is 3.13. The lowest BCUT2D eigenvalue weighted by Gasteiger charge is -2.01. The number of aromatic amines is 1. The van der Waals surface area contributed by atoms with Gasteiger partial charge in [-0.15, -0.1) is 12.4 Å². The van der Waals surface area contributed by atoms with Crippen LogP contribution in [-0.4, -0.2) is 9.97 Å². The molecule has 0 saturated carbocycles. The molecule has 0 spiro atoms. The zero-order chi connectivity index (χ0) is 12.5. The number of imidazole rings is 1. The number of nitrogens with zero attached hydrogens (tertiary/aromatic N) is 1. The number of hydrogen-bond donors (Lipinski definition) is 2. The Morgan fingerprint density at radius 2 is 1.63 bits per heavy atom. The van der Waals surface area contributed by atoms with E-state index in [9.17, 15) is 0 Å². The van der Waals surface area contributed by atoms with Crippen LogP contribution < -0.4 is 5.32 Å². The van der Waals surface area contributed by atoms with Crippen molar-refractivity contribution in [3.05, 3.63) is 52.5 Å². The van der Waals surface area contributed by atoms with Crippen molar-refractivity contribution >= 4 is 58.3 Å². The van der Waals surface area contributed by atoms with E-state index < -0.39 is 0 Å². The van der Waals surface area contributed by atoms with Crippen LogP contribution in [-0.2, 0) is 0 Å². The van der Waals surface area contributed by atoms with E-state index in [1.165, 1.54) is 0 Å². The molecule has 0 radical (unpaired) electrons. The fourth-order valence-electron chi connectivity index (χ4n) is 1.71. The maximum atomic E-state index is 5.92. The SMILES string of the molecule is Cl.Clc1ccc(Nc2nc3ccc(Cl)cc3[nH]2)cc1. The lowest BCUT2D eigenvalue weighted by molar-refractivity contribution is 1.31. The van der Waals surface area contributed by atoms with E-state index in [1.807, 2.05) is 42.5 Å². The van der Waals surface area contributed by atoms with Crippen molar-refractivity contribution in [3.8, 4) is 0 Å². The maximum Gasteiger partial charge on any atom is 0.205 e. The van der Waals surface area contributed by atoms with E-state index in [0.29, 0.717) is 16.0 Å². The molecule has 0 atom stereocenters. The Morgan fingerprint density at radius 3 is 2.37 bits per heavy atom. The zero-order valence-corrected chi connectivity index (χ0v) is 12.0. The van der Waals surface area contributed by atoms with Gasteiger partial charge in [-0.05, 0) is 42.5 Å². The fourth-order valence-corrected chi connectivity index (χ4v) is 2.01. The molecule has 1 heterocycles. The number of anilines is 2. The smallest absolute Gasteiger partial charge is 0.205 e. The van der Waals surface area contributed by atoms with Crippen molar-refractivity contribution < 1.29 is 0 Å². The molecule has 3 aromatic rings. The normalized spacial score (nSPS) is 10.2.